The van der Waals surface area contributed by atoms with Crippen LogP contribution in [0.25, 0.3) is 0 Å². The van der Waals surface area contributed by atoms with Gasteiger partial charge in [-0.1, -0.05) is 37.6 Å². The summed E-state index contributed by atoms with van der Waals surface area (Å²) in [5.41, 5.74) is 0.286. The second kappa shape index (κ2) is 5.32. The van der Waals surface area contributed by atoms with Gasteiger partial charge in [-0.25, -0.2) is 0 Å². The average Bonchev–Trinajstić information content (AvgIpc) is 2.25. The molecule has 2 N–H and O–H groups in total. The van der Waals surface area contributed by atoms with Gasteiger partial charge < -0.3 is 10.2 Å². The number of rotatable bonds is 5. The molecular formula is C14H20O3. The molecule has 0 aromatic heterocycles. The van der Waals surface area contributed by atoms with Gasteiger partial charge in [0.2, 0.25) is 0 Å². The van der Waals surface area contributed by atoms with Gasteiger partial charge in [0, 0.05) is 0 Å². The maximum absolute atomic E-state index is 11.3. The van der Waals surface area contributed by atoms with Crippen LogP contribution in [0.3, 0.4) is 0 Å². The fourth-order valence-electron chi connectivity index (χ4n) is 2.26. The van der Waals surface area contributed by atoms with Crippen LogP contribution < -0.4 is 0 Å². The average molecular weight is 236 g/mol. The first-order chi connectivity index (χ1) is 7.91. The van der Waals surface area contributed by atoms with E-state index < -0.39 is 17.5 Å². The van der Waals surface area contributed by atoms with Crippen molar-refractivity contribution in [1.29, 1.82) is 0 Å². The summed E-state index contributed by atoms with van der Waals surface area (Å²) >= 11 is 0. The lowest BCUT2D eigenvalue weighted by Gasteiger charge is -2.31. The van der Waals surface area contributed by atoms with Crippen molar-refractivity contribution < 1.29 is 15.0 Å². The van der Waals surface area contributed by atoms with Crippen LogP contribution in [0.15, 0.2) is 24.3 Å². The topological polar surface area (TPSA) is 57.5 Å². The third-order valence-electron chi connectivity index (χ3n) is 3.24. The number of carbonyl (C=O) groups is 1. The lowest BCUT2D eigenvalue weighted by atomic mass is 9.78. The molecule has 1 aromatic rings. The first kappa shape index (κ1) is 13.7. The van der Waals surface area contributed by atoms with Crippen LogP contribution in [-0.2, 0) is 10.4 Å². The van der Waals surface area contributed by atoms with Crippen LogP contribution in [0.1, 0.15) is 37.8 Å². The number of aliphatic carboxylic acids is 1. The summed E-state index contributed by atoms with van der Waals surface area (Å²) < 4.78 is 0. The molecule has 2 unspecified atom stereocenters. The van der Waals surface area contributed by atoms with Crippen molar-refractivity contribution in [3.63, 3.8) is 0 Å². The van der Waals surface area contributed by atoms with Crippen LogP contribution in [0, 0.1) is 12.8 Å². The molecular weight excluding hydrogens is 216 g/mol. The Bertz CT molecular complexity index is 396. The molecule has 17 heavy (non-hydrogen) atoms. The predicted octanol–water partition coefficient (Wildman–Crippen LogP) is 2.70. The third kappa shape index (κ3) is 2.86. The molecule has 0 aliphatic rings. The molecule has 2 atom stereocenters. The molecule has 3 heteroatoms. The van der Waals surface area contributed by atoms with E-state index in [1.807, 2.05) is 32.0 Å². The molecule has 0 radical (unpaired) electrons. The highest BCUT2D eigenvalue weighted by molar-refractivity contribution is 5.72. The summed E-state index contributed by atoms with van der Waals surface area (Å²) in [5, 5.41) is 19.8. The van der Waals surface area contributed by atoms with E-state index in [-0.39, 0.29) is 0 Å². The maximum atomic E-state index is 11.3. The third-order valence-corrected chi connectivity index (χ3v) is 3.24. The first-order valence-corrected chi connectivity index (χ1v) is 5.92. The molecule has 0 saturated carbocycles. The number of benzene rings is 1. The molecule has 1 rings (SSSR count). The molecule has 0 aliphatic carbocycles. The number of carboxylic acids is 1. The number of aryl methyl sites for hydroxylation is 1. The first-order valence-electron chi connectivity index (χ1n) is 5.92. The quantitative estimate of drug-likeness (QED) is 0.826. The number of aliphatic hydroxyl groups is 1. The molecule has 1 aromatic carbocycles. The van der Waals surface area contributed by atoms with Gasteiger partial charge in [-0.15, -0.1) is 0 Å². The van der Waals surface area contributed by atoms with Crippen molar-refractivity contribution in [3.8, 4) is 0 Å². The van der Waals surface area contributed by atoms with Gasteiger partial charge >= 0.3 is 5.97 Å². The minimum Gasteiger partial charge on any atom is -0.481 e. The van der Waals surface area contributed by atoms with Crippen LogP contribution in [-0.4, -0.2) is 16.2 Å². The predicted molar refractivity (Wildman–Crippen MR) is 66.8 cm³/mol. The van der Waals surface area contributed by atoms with Gasteiger partial charge in [0.25, 0.3) is 0 Å². The summed E-state index contributed by atoms with van der Waals surface area (Å²) in [5.74, 6) is -1.71. The van der Waals surface area contributed by atoms with E-state index in [2.05, 4.69) is 0 Å². The minimum absolute atomic E-state index is 0.469. The Morgan fingerprint density at radius 2 is 2.00 bits per heavy atom. The van der Waals surface area contributed by atoms with E-state index in [1.54, 1.807) is 13.0 Å². The number of hydrogen-bond donors (Lipinski definition) is 2. The highest BCUT2D eigenvalue weighted by Crippen LogP contribution is 2.34. The summed E-state index contributed by atoms with van der Waals surface area (Å²) in [6.45, 7) is 5.39. The lowest BCUT2D eigenvalue weighted by Crippen LogP contribution is -2.37. The maximum Gasteiger partial charge on any atom is 0.309 e. The molecule has 3 nitrogen and oxygen atoms in total. The van der Waals surface area contributed by atoms with Crippen LogP contribution in [0.2, 0.25) is 0 Å². The molecule has 0 heterocycles. The Labute approximate surface area is 102 Å². The highest BCUT2D eigenvalue weighted by atomic mass is 16.4. The number of hydrogen-bond acceptors (Lipinski definition) is 2. The Morgan fingerprint density at radius 1 is 1.41 bits per heavy atom. The van der Waals surface area contributed by atoms with E-state index in [1.165, 1.54) is 0 Å². The van der Waals surface area contributed by atoms with Gasteiger partial charge in [-0.3, -0.25) is 4.79 Å². The van der Waals surface area contributed by atoms with Crippen molar-refractivity contribution in [2.24, 2.45) is 5.92 Å². The SMILES string of the molecule is CCCC(C(=O)O)C(C)(O)c1ccccc1C. The minimum atomic E-state index is -1.33. The fourth-order valence-corrected chi connectivity index (χ4v) is 2.26. The van der Waals surface area contributed by atoms with Crippen molar-refractivity contribution in [2.45, 2.75) is 39.2 Å². The van der Waals surface area contributed by atoms with E-state index in [0.29, 0.717) is 12.0 Å². The van der Waals surface area contributed by atoms with Gasteiger partial charge in [0.05, 0.1) is 5.92 Å². The zero-order valence-electron chi connectivity index (χ0n) is 10.6. The van der Waals surface area contributed by atoms with E-state index in [9.17, 15) is 15.0 Å². The Morgan fingerprint density at radius 3 is 2.47 bits per heavy atom. The number of carboxylic acid groups (broad SMARTS) is 1. The molecule has 0 aliphatic heterocycles. The van der Waals surface area contributed by atoms with E-state index in [0.717, 1.165) is 12.0 Å². The van der Waals surface area contributed by atoms with Crippen molar-refractivity contribution in [3.05, 3.63) is 35.4 Å². The molecule has 94 valence electrons. The lowest BCUT2D eigenvalue weighted by molar-refractivity contribution is -0.152. The van der Waals surface area contributed by atoms with Crippen LogP contribution >= 0.6 is 0 Å². The molecule has 0 fully saturated rings. The van der Waals surface area contributed by atoms with Gasteiger partial charge in [0.1, 0.15) is 5.60 Å². The van der Waals surface area contributed by atoms with E-state index >= 15 is 0 Å². The van der Waals surface area contributed by atoms with Crippen LogP contribution in [0.5, 0.6) is 0 Å². The van der Waals surface area contributed by atoms with Crippen molar-refractivity contribution in [1.82, 2.24) is 0 Å². The standard InChI is InChI=1S/C14H20O3/c1-4-7-12(13(15)16)14(3,17)11-9-6-5-8-10(11)2/h5-6,8-9,12,17H,4,7H2,1-3H3,(H,15,16). The van der Waals surface area contributed by atoms with E-state index in [4.69, 9.17) is 0 Å². The Kier molecular flexibility index (Phi) is 4.29. The smallest absolute Gasteiger partial charge is 0.309 e. The molecule has 0 amide bonds. The largest absolute Gasteiger partial charge is 0.481 e. The zero-order valence-corrected chi connectivity index (χ0v) is 10.6. The second-order valence-electron chi connectivity index (χ2n) is 4.64. The Hall–Kier alpha value is -1.35. The zero-order chi connectivity index (χ0) is 13.1. The normalized spacial score (nSPS) is 16.2. The summed E-state index contributed by atoms with van der Waals surface area (Å²) in [4.78, 5) is 11.3. The molecule has 0 saturated heterocycles. The van der Waals surface area contributed by atoms with Crippen molar-refractivity contribution in [2.75, 3.05) is 0 Å². The van der Waals surface area contributed by atoms with Crippen molar-refractivity contribution >= 4 is 5.97 Å². The second-order valence-corrected chi connectivity index (χ2v) is 4.64. The van der Waals surface area contributed by atoms with Gasteiger partial charge in [0.15, 0.2) is 0 Å². The Balaban J connectivity index is 3.16. The van der Waals surface area contributed by atoms with Crippen LogP contribution in [0.4, 0.5) is 0 Å². The summed E-state index contributed by atoms with van der Waals surface area (Å²) in [6, 6.07) is 7.38. The monoisotopic (exact) mass is 236 g/mol. The molecule has 0 spiro atoms. The summed E-state index contributed by atoms with van der Waals surface area (Å²) in [7, 11) is 0. The highest BCUT2D eigenvalue weighted by Gasteiger charge is 2.38. The van der Waals surface area contributed by atoms with Gasteiger partial charge in [-0.05, 0) is 31.4 Å². The summed E-state index contributed by atoms with van der Waals surface area (Å²) in [6.07, 6.45) is 1.20. The molecule has 0 bridgehead atoms. The fraction of sp³-hybridized carbons (Fsp3) is 0.500. The van der Waals surface area contributed by atoms with Gasteiger partial charge in [-0.2, -0.15) is 0 Å².